The number of thiol groups is 1. The van der Waals surface area contributed by atoms with Gasteiger partial charge in [-0.15, -0.1) is 0 Å². The number of aromatic nitrogens is 1. The van der Waals surface area contributed by atoms with Gasteiger partial charge in [0.1, 0.15) is 5.76 Å². The normalized spacial score (nSPS) is 9.70. The SMILES string of the molecule is O=C(O)c1ncc(CS)o1. The van der Waals surface area contributed by atoms with Crippen molar-refractivity contribution in [2.75, 3.05) is 0 Å². The zero-order valence-electron chi connectivity index (χ0n) is 4.94. The number of aromatic carboxylic acids is 1. The Morgan fingerprint density at radius 1 is 1.90 bits per heavy atom. The van der Waals surface area contributed by atoms with Crippen molar-refractivity contribution in [3.8, 4) is 0 Å². The van der Waals surface area contributed by atoms with Gasteiger partial charge in [-0.2, -0.15) is 12.6 Å². The molecule has 5 heteroatoms. The van der Waals surface area contributed by atoms with E-state index in [4.69, 9.17) is 9.52 Å². The zero-order valence-corrected chi connectivity index (χ0v) is 5.84. The predicted molar refractivity (Wildman–Crippen MR) is 36.2 cm³/mol. The minimum absolute atomic E-state index is 0.288. The van der Waals surface area contributed by atoms with Gasteiger partial charge in [-0.25, -0.2) is 9.78 Å². The summed E-state index contributed by atoms with van der Waals surface area (Å²) in [7, 11) is 0. The van der Waals surface area contributed by atoms with Gasteiger partial charge < -0.3 is 9.52 Å². The van der Waals surface area contributed by atoms with Gasteiger partial charge in [-0.05, 0) is 0 Å². The summed E-state index contributed by atoms with van der Waals surface area (Å²) < 4.78 is 4.71. The molecule has 1 N–H and O–H groups in total. The number of carboxylic acids is 1. The minimum Gasteiger partial charge on any atom is -0.474 e. The first-order valence-electron chi connectivity index (χ1n) is 2.53. The molecule has 1 aromatic rings. The van der Waals surface area contributed by atoms with Crippen molar-refractivity contribution in [1.29, 1.82) is 0 Å². The van der Waals surface area contributed by atoms with Gasteiger partial charge in [-0.3, -0.25) is 0 Å². The Bertz CT molecular complexity index is 245. The fourth-order valence-corrected chi connectivity index (χ4v) is 0.626. The van der Waals surface area contributed by atoms with E-state index in [-0.39, 0.29) is 5.89 Å². The second-order valence-corrected chi connectivity index (χ2v) is 1.91. The molecule has 0 atom stereocenters. The summed E-state index contributed by atoms with van der Waals surface area (Å²) in [5, 5.41) is 8.31. The maximum atomic E-state index is 10.1. The Morgan fingerprint density at radius 3 is 2.90 bits per heavy atom. The highest BCUT2D eigenvalue weighted by atomic mass is 32.1. The summed E-state index contributed by atoms with van der Waals surface area (Å²) in [5.74, 6) is -0.627. The van der Waals surface area contributed by atoms with E-state index in [9.17, 15) is 4.79 Å². The molecule has 0 spiro atoms. The second kappa shape index (κ2) is 2.74. The molecule has 0 saturated heterocycles. The van der Waals surface area contributed by atoms with E-state index in [1.165, 1.54) is 6.20 Å². The van der Waals surface area contributed by atoms with Crippen LogP contribution in [0.2, 0.25) is 0 Å². The van der Waals surface area contributed by atoms with Crippen molar-refractivity contribution < 1.29 is 14.3 Å². The lowest BCUT2D eigenvalue weighted by Crippen LogP contribution is -1.94. The lowest BCUT2D eigenvalue weighted by atomic mass is 10.6. The Hall–Kier alpha value is -0.970. The summed E-state index contributed by atoms with van der Waals surface area (Å²) >= 11 is 3.87. The van der Waals surface area contributed by atoms with Crippen LogP contribution in [0.1, 0.15) is 16.4 Å². The molecule has 0 aliphatic heterocycles. The molecule has 10 heavy (non-hydrogen) atoms. The maximum Gasteiger partial charge on any atom is 0.392 e. The van der Waals surface area contributed by atoms with Crippen LogP contribution in [0.15, 0.2) is 10.6 Å². The lowest BCUT2D eigenvalue weighted by Gasteiger charge is -1.82. The van der Waals surface area contributed by atoms with Gasteiger partial charge in [0.25, 0.3) is 0 Å². The van der Waals surface area contributed by atoms with Gasteiger partial charge in [0, 0.05) is 0 Å². The van der Waals surface area contributed by atoms with E-state index in [1.54, 1.807) is 0 Å². The molecule has 0 aliphatic rings. The van der Waals surface area contributed by atoms with E-state index in [0.717, 1.165) is 0 Å². The number of hydrogen-bond acceptors (Lipinski definition) is 4. The molecule has 0 aliphatic carbocycles. The summed E-state index contributed by atoms with van der Waals surface area (Å²) in [6.45, 7) is 0. The van der Waals surface area contributed by atoms with Crippen LogP contribution in [0.3, 0.4) is 0 Å². The topological polar surface area (TPSA) is 63.3 Å². The van der Waals surface area contributed by atoms with Crippen LogP contribution in [-0.2, 0) is 5.75 Å². The summed E-state index contributed by atoms with van der Waals surface area (Å²) in [5.41, 5.74) is 0. The van der Waals surface area contributed by atoms with Crippen molar-refractivity contribution in [1.82, 2.24) is 4.98 Å². The third-order valence-corrected chi connectivity index (χ3v) is 1.20. The van der Waals surface area contributed by atoms with E-state index >= 15 is 0 Å². The van der Waals surface area contributed by atoms with Crippen molar-refractivity contribution in [2.45, 2.75) is 5.75 Å². The Balaban J connectivity index is 2.88. The van der Waals surface area contributed by atoms with Gasteiger partial charge in [-0.1, -0.05) is 0 Å². The van der Waals surface area contributed by atoms with Gasteiger partial charge >= 0.3 is 11.9 Å². The Morgan fingerprint density at radius 2 is 2.60 bits per heavy atom. The molecule has 0 amide bonds. The third-order valence-electron chi connectivity index (χ3n) is 0.892. The Labute approximate surface area is 62.3 Å². The lowest BCUT2D eigenvalue weighted by molar-refractivity contribution is 0.0652. The molecule has 1 aromatic heterocycles. The summed E-state index contributed by atoms with van der Waals surface area (Å²) in [6, 6.07) is 0. The van der Waals surface area contributed by atoms with Crippen molar-refractivity contribution in [3.05, 3.63) is 17.8 Å². The van der Waals surface area contributed by atoms with E-state index in [0.29, 0.717) is 11.5 Å². The summed E-state index contributed by atoms with van der Waals surface area (Å²) in [4.78, 5) is 13.6. The quantitative estimate of drug-likeness (QED) is 0.626. The first-order chi connectivity index (χ1) is 4.74. The molecule has 0 aromatic carbocycles. The van der Waals surface area contributed by atoms with Crippen LogP contribution >= 0.6 is 12.6 Å². The number of hydrogen-bond donors (Lipinski definition) is 2. The average Bonchev–Trinajstić information content (AvgIpc) is 2.34. The average molecular weight is 159 g/mol. The van der Waals surface area contributed by atoms with Crippen LogP contribution in [0, 0.1) is 0 Å². The minimum atomic E-state index is -1.16. The van der Waals surface area contributed by atoms with Gasteiger partial charge in [0.05, 0.1) is 11.9 Å². The monoisotopic (exact) mass is 159 g/mol. The predicted octanol–water partition coefficient (Wildman–Crippen LogP) is 0.803. The number of carboxylic acid groups (broad SMARTS) is 1. The maximum absolute atomic E-state index is 10.1. The molecule has 1 rings (SSSR count). The van der Waals surface area contributed by atoms with E-state index in [1.807, 2.05) is 0 Å². The van der Waals surface area contributed by atoms with Crippen LogP contribution in [0.25, 0.3) is 0 Å². The number of rotatable bonds is 2. The fraction of sp³-hybridized carbons (Fsp3) is 0.200. The van der Waals surface area contributed by atoms with Crippen molar-refractivity contribution in [3.63, 3.8) is 0 Å². The number of oxazole rings is 1. The first-order valence-corrected chi connectivity index (χ1v) is 3.16. The zero-order chi connectivity index (χ0) is 7.56. The van der Waals surface area contributed by atoms with Crippen molar-refractivity contribution >= 4 is 18.6 Å². The van der Waals surface area contributed by atoms with E-state index in [2.05, 4.69) is 17.6 Å². The smallest absolute Gasteiger partial charge is 0.392 e. The standard InChI is InChI=1S/C5H5NO3S/c7-5(8)4-6-1-3(2-10)9-4/h1,10H,2H2,(H,7,8). The molecule has 4 nitrogen and oxygen atoms in total. The fourth-order valence-electron chi connectivity index (χ4n) is 0.479. The second-order valence-electron chi connectivity index (χ2n) is 1.59. The number of nitrogens with zero attached hydrogens (tertiary/aromatic N) is 1. The largest absolute Gasteiger partial charge is 0.474 e. The van der Waals surface area contributed by atoms with Gasteiger partial charge in [0.15, 0.2) is 0 Å². The summed E-state index contributed by atoms with van der Waals surface area (Å²) in [6.07, 6.45) is 1.34. The van der Waals surface area contributed by atoms with Crippen LogP contribution in [-0.4, -0.2) is 16.1 Å². The van der Waals surface area contributed by atoms with Gasteiger partial charge in [0.2, 0.25) is 0 Å². The molecule has 0 radical (unpaired) electrons. The highest BCUT2D eigenvalue weighted by Gasteiger charge is 2.09. The molecule has 1 heterocycles. The van der Waals surface area contributed by atoms with Crippen molar-refractivity contribution in [2.24, 2.45) is 0 Å². The molecule has 0 unspecified atom stereocenters. The van der Waals surface area contributed by atoms with E-state index < -0.39 is 5.97 Å². The molecule has 0 bridgehead atoms. The molecule has 0 fully saturated rings. The first kappa shape index (κ1) is 7.14. The molecular weight excluding hydrogens is 154 g/mol. The molecular formula is C5H5NO3S. The molecule has 54 valence electrons. The highest BCUT2D eigenvalue weighted by Crippen LogP contribution is 2.05. The Kier molecular flexibility index (Phi) is 1.96. The van der Waals surface area contributed by atoms with Crippen LogP contribution in [0.4, 0.5) is 0 Å². The van der Waals surface area contributed by atoms with Crippen LogP contribution < -0.4 is 0 Å². The van der Waals surface area contributed by atoms with Crippen LogP contribution in [0.5, 0.6) is 0 Å². The molecule has 0 saturated carbocycles. The third kappa shape index (κ3) is 1.30. The highest BCUT2D eigenvalue weighted by molar-refractivity contribution is 7.79. The number of carbonyl (C=O) groups is 1.